The molecule has 1 aromatic carbocycles. The third kappa shape index (κ3) is 2.50. The van der Waals surface area contributed by atoms with Crippen LogP contribution in [0.1, 0.15) is 5.82 Å². The van der Waals surface area contributed by atoms with Crippen molar-refractivity contribution in [3.63, 3.8) is 0 Å². The number of aromatic amines is 1. The molecule has 1 heterocycles. The first-order chi connectivity index (χ1) is 7.79. The van der Waals surface area contributed by atoms with Gasteiger partial charge in [0.25, 0.3) is 0 Å². The predicted molar refractivity (Wildman–Crippen MR) is 61.4 cm³/mol. The van der Waals surface area contributed by atoms with Gasteiger partial charge in [0.05, 0.1) is 17.6 Å². The van der Waals surface area contributed by atoms with Gasteiger partial charge in [0.2, 0.25) is 0 Å². The molecule has 2 aromatic rings. The molecule has 0 aliphatic heterocycles. The van der Waals surface area contributed by atoms with Crippen molar-refractivity contribution in [1.29, 1.82) is 0 Å². The quantitative estimate of drug-likeness (QED) is 0.551. The third-order valence-electron chi connectivity index (χ3n) is 2.34. The number of hydrogen-bond acceptors (Lipinski definition) is 4. The number of nitrogens with zero attached hydrogens (tertiary/aromatic N) is 1. The predicted octanol–water partition coefficient (Wildman–Crippen LogP) is 0.393. The fourth-order valence-electron chi connectivity index (χ4n) is 1.58. The number of hydrogen-bond donors (Lipinski definition) is 4. The summed E-state index contributed by atoms with van der Waals surface area (Å²) in [7, 11) is 0. The van der Waals surface area contributed by atoms with Crippen LogP contribution in [0, 0.1) is 0 Å². The van der Waals surface area contributed by atoms with Gasteiger partial charge in [-0.25, -0.2) is 4.98 Å². The maximum absolute atomic E-state index is 9.30. The minimum absolute atomic E-state index is 0.147. The van der Waals surface area contributed by atoms with Crippen LogP contribution in [0.4, 0.5) is 0 Å². The number of aliphatic hydroxyl groups is 1. The average Bonchev–Trinajstić information content (AvgIpc) is 2.66. The van der Waals surface area contributed by atoms with Crippen molar-refractivity contribution in [2.45, 2.75) is 6.42 Å². The van der Waals surface area contributed by atoms with Crippen LogP contribution in [0.5, 0.6) is 5.75 Å². The zero-order chi connectivity index (χ0) is 11.4. The minimum atomic E-state index is 0.147. The van der Waals surface area contributed by atoms with E-state index in [0.717, 1.165) is 29.8 Å². The highest BCUT2D eigenvalue weighted by Crippen LogP contribution is 2.17. The van der Waals surface area contributed by atoms with Crippen molar-refractivity contribution in [3.8, 4) is 5.75 Å². The van der Waals surface area contributed by atoms with E-state index in [9.17, 15) is 5.11 Å². The second kappa shape index (κ2) is 4.96. The van der Waals surface area contributed by atoms with E-state index in [1.807, 2.05) is 0 Å². The number of nitrogens with one attached hydrogen (secondary N) is 2. The third-order valence-corrected chi connectivity index (χ3v) is 2.34. The number of fused-ring (bicyclic) bond motifs is 1. The van der Waals surface area contributed by atoms with Gasteiger partial charge in [0, 0.05) is 25.6 Å². The van der Waals surface area contributed by atoms with Crippen LogP contribution in [0.25, 0.3) is 11.0 Å². The maximum Gasteiger partial charge on any atom is 0.117 e. The number of phenolic OH excluding ortho intramolecular Hbond substituents is 1. The molecule has 0 atom stereocenters. The van der Waals surface area contributed by atoms with E-state index in [1.54, 1.807) is 18.2 Å². The Morgan fingerprint density at radius 3 is 3.00 bits per heavy atom. The van der Waals surface area contributed by atoms with Gasteiger partial charge in [0.1, 0.15) is 11.6 Å². The summed E-state index contributed by atoms with van der Waals surface area (Å²) < 4.78 is 0. The minimum Gasteiger partial charge on any atom is -0.508 e. The van der Waals surface area contributed by atoms with Gasteiger partial charge < -0.3 is 20.5 Å². The standard InChI is InChI=1S/C11H15N3O2/c15-6-5-12-4-3-11-13-9-2-1-8(16)7-10(9)14-11/h1-2,7,12,15-16H,3-6H2,(H,13,14). The van der Waals surface area contributed by atoms with Crippen molar-refractivity contribution in [1.82, 2.24) is 15.3 Å². The summed E-state index contributed by atoms with van der Waals surface area (Å²) in [6.07, 6.45) is 0.773. The summed E-state index contributed by atoms with van der Waals surface area (Å²) in [4.78, 5) is 7.52. The van der Waals surface area contributed by atoms with Crippen molar-refractivity contribution < 1.29 is 10.2 Å². The zero-order valence-electron chi connectivity index (χ0n) is 8.90. The molecular formula is C11H15N3O2. The Kier molecular flexibility index (Phi) is 3.38. The van der Waals surface area contributed by atoms with E-state index in [1.165, 1.54) is 0 Å². The first-order valence-corrected chi connectivity index (χ1v) is 5.29. The molecule has 16 heavy (non-hydrogen) atoms. The molecule has 0 fully saturated rings. The number of aliphatic hydroxyl groups excluding tert-OH is 1. The van der Waals surface area contributed by atoms with Crippen LogP contribution in [-0.2, 0) is 6.42 Å². The fraction of sp³-hybridized carbons (Fsp3) is 0.364. The lowest BCUT2D eigenvalue weighted by Gasteiger charge is -1.98. The molecule has 0 radical (unpaired) electrons. The van der Waals surface area contributed by atoms with E-state index in [-0.39, 0.29) is 12.4 Å². The molecule has 0 aliphatic carbocycles. The molecule has 0 spiro atoms. The second-order valence-electron chi connectivity index (χ2n) is 3.61. The maximum atomic E-state index is 9.30. The second-order valence-corrected chi connectivity index (χ2v) is 3.61. The van der Waals surface area contributed by atoms with E-state index < -0.39 is 0 Å². The van der Waals surface area contributed by atoms with Crippen LogP contribution < -0.4 is 5.32 Å². The molecule has 1 aromatic heterocycles. The number of aromatic hydroxyl groups is 1. The average molecular weight is 221 g/mol. The molecule has 86 valence electrons. The van der Waals surface area contributed by atoms with Crippen molar-refractivity contribution in [2.24, 2.45) is 0 Å². The van der Waals surface area contributed by atoms with Gasteiger partial charge >= 0.3 is 0 Å². The lowest BCUT2D eigenvalue weighted by Crippen LogP contribution is -2.21. The van der Waals surface area contributed by atoms with E-state index in [4.69, 9.17) is 5.11 Å². The molecule has 0 bridgehead atoms. The van der Waals surface area contributed by atoms with Crippen LogP contribution in [0.2, 0.25) is 0 Å². The van der Waals surface area contributed by atoms with Crippen molar-refractivity contribution >= 4 is 11.0 Å². The number of phenols is 1. The zero-order valence-corrected chi connectivity index (χ0v) is 8.90. The van der Waals surface area contributed by atoms with Crippen LogP contribution in [0.3, 0.4) is 0 Å². The molecule has 2 rings (SSSR count). The Labute approximate surface area is 93.1 Å². The van der Waals surface area contributed by atoms with E-state index >= 15 is 0 Å². The highest BCUT2D eigenvalue weighted by Gasteiger charge is 2.02. The van der Waals surface area contributed by atoms with Crippen LogP contribution in [0.15, 0.2) is 18.2 Å². The Hall–Kier alpha value is -1.59. The van der Waals surface area contributed by atoms with E-state index in [0.29, 0.717) is 6.54 Å². The molecule has 0 unspecified atom stereocenters. The summed E-state index contributed by atoms with van der Waals surface area (Å²) in [6, 6.07) is 5.07. The Balaban J connectivity index is 2.02. The number of rotatable bonds is 5. The molecular weight excluding hydrogens is 206 g/mol. The summed E-state index contributed by atoms with van der Waals surface area (Å²) in [6.45, 7) is 1.52. The van der Waals surface area contributed by atoms with Gasteiger partial charge in [-0.05, 0) is 12.1 Å². The highest BCUT2D eigenvalue weighted by molar-refractivity contribution is 5.76. The monoisotopic (exact) mass is 221 g/mol. The fourth-order valence-corrected chi connectivity index (χ4v) is 1.58. The Morgan fingerprint density at radius 2 is 2.19 bits per heavy atom. The van der Waals surface area contributed by atoms with Crippen LogP contribution >= 0.6 is 0 Å². The number of aromatic nitrogens is 2. The number of H-pyrrole nitrogens is 1. The summed E-state index contributed by atoms with van der Waals surface area (Å²) in [5.41, 5.74) is 1.70. The first-order valence-electron chi connectivity index (χ1n) is 5.29. The van der Waals surface area contributed by atoms with Gasteiger partial charge in [-0.3, -0.25) is 0 Å². The summed E-state index contributed by atoms with van der Waals surface area (Å²) >= 11 is 0. The SMILES string of the molecule is OCCNCCc1nc2ccc(O)cc2[nH]1. The topological polar surface area (TPSA) is 81.2 Å². The summed E-state index contributed by atoms with van der Waals surface area (Å²) in [5.74, 6) is 1.12. The smallest absolute Gasteiger partial charge is 0.117 e. The lowest BCUT2D eigenvalue weighted by molar-refractivity contribution is 0.292. The molecule has 0 aliphatic rings. The van der Waals surface area contributed by atoms with Gasteiger partial charge in [-0.1, -0.05) is 0 Å². The summed E-state index contributed by atoms with van der Waals surface area (Å²) in [5, 5.41) is 21.0. The van der Waals surface area contributed by atoms with Crippen molar-refractivity contribution in [2.75, 3.05) is 19.7 Å². The van der Waals surface area contributed by atoms with Gasteiger partial charge in [-0.15, -0.1) is 0 Å². The number of imidazole rings is 1. The Morgan fingerprint density at radius 1 is 1.31 bits per heavy atom. The van der Waals surface area contributed by atoms with Crippen LogP contribution in [-0.4, -0.2) is 39.9 Å². The lowest BCUT2D eigenvalue weighted by atomic mass is 10.3. The molecule has 0 saturated carbocycles. The molecule has 5 nitrogen and oxygen atoms in total. The Bertz CT molecular complexity index is 467. The first kappa shape index (κ1) is 10.9. The normalized spacial score (nSPS) is 11.1. The highest BCUT2D eigenvalue weighted by atomic mass is 16.3. The van der Waals surface area contributed by atoms with Gasteiger partial charge in [-0.2, -0.15) is 0 Å². The number of benzene rings is 1. The van der Waals surface area contributed by atoms with Gasteiger partial charge in [0.15, 0.2) is 0 Å². The molecule has 5 heteroatoms. The molecule has 0 amide bonds. The van der Waals surface area contributed by atoms with Crippen molar-refractivity contribution in [3.05, 3.63) is 24.0 Å². The largest absolute Gasteiger partial charge is 0.508 e. The molecule has 0 saturated heterocycles. The van der Waals surface area contributed by atoms with E-state index in [2.05, 4.69) is 15.3 Å². The molecule has 4 N–H and O–H groups in total.